The summed E-state index contributed by atoms with van der Waals surface area (Å²) >= 11 is 0. The van der Waals surface area contributed by atoms with Crippen LogP contribution in [0.5, 0.6) is 0 Å². The lowest BCUT2D eigenvalue weighted by molar-refractivity contribution is -0.188. The molecule has 1 aliphatic carbocycles. The second kappa shape index (κ2) is 6.07. The third kappa shape index (κ3) is 3.02. The summed E-state index contributed by atoms with van der Waals surface area (Å²) in [5.74, 6) is -1.34. The van der Waals surface area contributed by atoms with E-state index in [1.807, 2.05) is 0 Å². The molecule has 2 saturated heterocycles. The maximum atomic E-state index is 13.0. The molecule has 1 spiro atoms. The first-order chi connectivity index (χ1) is 12.0. The molecule has 1 N–H and O–H groups in total. The van der Waals surface area contributed by atoms with Gasteiger partial charge < -0.3 is 19.7 Å². The number of rotatable bonds is 3. The lowest BCUT2D eigenvalue weighted by Crippen LogP contribution is -2.51. The van der Waals surface area contributed by atoms with Crippen LogP contribution in [0.1, 0.15) is 25.7 Å². The number of nitrogens with one attached hydrogen (secondary N) is 1. The summed E-state index contributed by atoms with van der Waals surface area (Å²) in [6.07, 6.45) is 2.36. The number of piperidine rings is 1. The quantitative estimate of drug-likeness (QED) is 0.848. The van der Waals surface area contributed by atoms with E-state index in [2.05, 4.69) is 5.32 Å². The average Bonchev–Trinajstić information content (AvgIpc) is 3.33. The van der Waals surface area contributed by atoms with Crippen molar-refractivity contribution in [3.63, 3.8) is 0 Å². The molecule has 3 aliphatic rings. The third-order valence-corrected chi connectivity index (χ3v) is 5.32. The molecule has 0 atom stereocenters. The van der Waals surface area contributed by atoms with Gasteiger partial charge in [0.1, 0.15) is 11.2 Å². The van der Waals surface area contributed by atoms with Crippen LogP contribution in [-0.2, 0) is 19.1 Å². The Morgan fingerprint density at radius 2 is 1.60 bits per heavy atom. The predicted octanol–water partition coefficient (Wildman–Crippen LogP) is 1.91. The zero-order chi connectivity index (χ0) is 17.5. The second-order valence-corrected chi connectivity index (χ2v) is 6.94. The van der Waals surface area contributed by atoms with Crippen molar-refractivity contribution in [1.82, 2.24) is 4.90 Å². The first kappa shape index (κ1) is 16.5. The van der Waals surface area contributed by atoms with E-state index in [0.29, 0.717) is 57.7 Å². The minimum atomic E-state index is -0.976. The summed E-state index contributed by atoms with van der Waals surface area (Å²) in [5, 5.41) is 2.74. The van der Waals surface area contributed by atoms with Crippen LogP contribution < -0.4 is 5.32 Å². The highest BCUT2D eigenvalue weighted by atomic mass is 19.1. The van der Waals surface area contributed by atoms with Gasteiger partial charge in [-0.3, -0.25) is 9.59 Å². The fourth-order valence-electron chi connectivity index (χ4n) is 3.59. The van der Waals surface area contributed by atoms with E-state index in [1.165, 1.54) is 24.3 Å². The summed E-state index contributed by atoms with van der Waals surface area (Å²) in [7, 11) is 0. The van der Waals surface area contributed by atoms with E-state index < -0.39 is 11.2 Å². The van der Waals surface area contributed by atoms with Gasteiger partial charge in [0.05, 0.1) is 13.2 Å². The van der Waals surface area contributed by atoms with E-state index in [-0.39, 0.29) is 17.6 Å². The van der Waals surface area contributed by atoms with Crippen molar-refractivity contribution in [3.05, 3.63) is 30.1 Å². The van der Waals surface area contributed by atoms with Gasteiger partial charge in [-0.15, -0.1) is 0 Å². The molecule has 1 saturated carbocycles. The van der Waals surface area contributed by atoms with Crippen LogP contribution in [0.25, 0.3) is 0 Å². The van der Waals surface area contributed by atoms with E-state index >= 15 is 0 Å². The minimum Gasteiger partial charge on any atom is -0.347 e. The number of nitrogens with zero attached hydrogens (tertiary/aromatic N) is 1. The number of ether oxygens (including phenoxy) is 2. The van der Waals surface area contributed by atoms with E-state index in [4.69, 9.17) is 9.47 Å². The number of halogens is 1. The molecular weight excluding hydrogens is 327 g/mol. The Morgan fingerprint density at radius 1 is 1.00 bits per heavy atom. The van der Waals surface area contributed by atoms with Crippen molar-refractivity contribution in [2.75, 3.05) is 31.6 Å². The van der Waals surface area contributed by atoms with Crippen molar-refractivity contribution in [3.8, 4) is 0 Å². The Bertz CT molecular complexity index is 671. The Hall–Kier alpha value is -1.99. The van der Waals surface area contributed by atoms with E-state index in [1.54, 1.807) is 4.90 Å². The summed E-state index contributed by atoms with van der Waals surface area (Å²) in [6, 6.07) is 5.55. The van der Waals surface area contributed by atoms with Gasteiger partial charge in [-0.2, -0.15) is 0 Å². The van der Waals surface area contributed by atoms with Gasteiger partial charge in [0.15, 0.2) is 5.79 Å². The number of carbonyl (C=O) groups is 2. The molecule has 25 heavy (non-hydrogen) atoms. The first-order valence-corrected chi connectivity index (χ1v) is 8.67. The van der Waals surface area contributed by atoms with Gasteiger partial charge in [0.25, 0.3) is 0 Å². The lowest BCUT2D eigenvalue weighted by atomic mass is 9.98. The SMILES string of the molecule is O=C(Nc1ccc(F)cc1)C1(C(=O)N2CCC3(CC2)OCCO3)CC1. The highest BCUT2D eigenvalue weighted by molar-refractivity contribution is 6.13. The van der Waals surface area contributed by atoms with Crippen LogP contribution in [0.2, 0.25) is 0 Å². The smallest absolute Gasteiger partial charge is 0.240 e. The standard InChI is InChI=1S/C18H21FN2O4/c19-13-1-3-14(4-2-13)20-15(22)17(5-6-17)16(23)21-9-7-18(8-10-21)24-11-12-25-18/h1-4H,5-12H2,(H,20,22). The fraction of sp³-hybridized carbons (Fsp3) is 0.556. The lowest BCUT2D eigenvalue weighted by Gasteiger charge is -2.38. The molecule has 1 aromatic rings. The summed E-state index contributed by atoms with van der Waals surface area (Å²) in [4.78, 5) is 27.3. The highest BCUT2D eigenvalue weighted by Gasteiger charge is 2.58. The number of amides is 2. The molecule has 2 heterocycles. The normalized spacial score (nSPS) is 23.5. The maximum absolute atomic E-state index is 13.0. The molecular formula is C18H21FN2O4. The van der Waals surface area contributed by atoms with Gasteiger partial charge >= 0.3 is 0 Å². The number of likely N-dealkylation sites (tertiary alicyclic amines) is 1. The van der Waals surface area contributed by atoms with E-state index in [9.17, 15) is 14.0 Å². The van der Waals surface area contributed by atoms with Crippen LogP contribution in [0.4, 0.5) is 10.1 Å². The molecule has 0 radical (unpaired) electrons. The monoisotopic (exact) mass is 348 g/mol. The molecule has 2 aliphatic heterocycles. The number of hydrogen-bond acceptors (Lipinski definition) is 4. The minimum absolute atomic E-state index is 0.125. The Balaban J connectivity index is 1.39. The van der Waals surface area contributed by atoms with Crippen LogP contribution >= 0.6 is 0 Å². The van der Waals surface area contributed by atoms with Gasteiger partial charge in [-0.1, -0.05) is 0 Å². The first-order valence-electron chi connectivity index (χ1n) is 8.67. The van der Waals surface area contributed by atoms with Crippen molar-refractivity contribution >= 4 is 17.5 Å². The molecule has 1 aromatic carbocycles. The Morgan fingerprint density at radius 3 is 2.16 bits per heavy atom. The number of hydrogen-bond donors (Lipinski definition) is 1. The van der Waals surface area contributed by atoms with Crippen molar-refractivity contribution < 1.29 is 23.5 Å². The van der Waals surface area contributed by atoms with Gasteiger partial charge in [-0.05, 0) is 37.1 Å². The van der Waals surface area contributed by atoms with Crippen LogP contribution in [0.15, 0.2) is 24.3 Å². The van der Waals surface area contributed by atoms with E-state index in [0.717, 1.165) is 0 Å². The molecule has 0 bridgehead atoms. The summed E-state index contributed by atoms with van der Waals surface area (Å²) in [6.45, 7) is 2.25. The molecule has 2 amide bonds. The van der Waals surface area contributed by atoms with Crippen molar-refractivity contribution in [1.29, 1.82) is 0 Å². The fourth-order valence-corrected chi connectivity index (χ4v) is 3.59. The highest BCUT2D eigenvalue weighted by Crippen LogP contribution is 2.49. The molecule has 6 nitrogen and oxygen atoms in total. The molecule has 7 heteroatoms. The molecule has 3 fully saturated rings. The number of benzene rings is 1. The molecule has 0 unspecified atom stereocenters. The Kier molecular flexibility index (Phi) is 4.00. The zero-order valence-corrected chi connectivity index (χ0v) is 13.9. The predicted molar refractivity (Wildman–Crippen MR) is 87.1 cm³/mol. The van der Waals surface area contributed by atoms with Gasteiger partial charge in [0.2, 0.25) is 11.8 Å². The van der Waals surface area contributed by atoms with Crippen molar-refractivity contribution in [2.45, 2.75) is 31.5 Å². The van der Waals surface area contributed by atoms with Crippen molar-refractivity contribution in [2.24, 2.45) is 5.41 Å². The molecule has 0 aromatic heterocycles. The molecule has 134 valence electrons. The Labute approximate surface area is 145 Å². The zero-order valence-electron chi connectivity index (χ0n) is 13.9. The summed E-state index contributed by atoms with van der Waals surface area (Å²) < 4.78 is 24.3. The maximum Gasteiger partial charge on any atom is 0.240 e. The number of anilines is 1. The average molecular weight is 348 g/mol. The van der Waals surface area contributed by atoms with Gasteiger partial charge in [-0.25, -0.2) is 4.39 Å². The van der Waals surface area contributed by atoms with Crippen LogP contribution in [0, 0.1) is 11.2 Å². The third-order valence-electron chi connectivity index (χ3n) is 5.32. The second-order valence-electron chi connectivity index (χ2n) is 6.94. The molecule has 4 rings (SSSR count). The van der Waals surface area contributed by atoms with Crippen LogP contribution in [0.3, 0.4) is 0 Å². The largest absolute Gasteiger partial charge is 0.347 e. The number of carbonyl (C=O) groups excluding carboxylic acids is 2. The van der Waals surface area contributed by atoms with Crippen LogP contribution in [-0.4, -0.2) is 48.8 Å². The summed E-state index contributed by atoms with van der Waals surface area (Å²) in [5.41, 5.74) is -0.480. The topological polar surface area (TPSA) is 67.9 Å². The van der Waals surface area contributed by atoms with Gasteiger partial charge in [0, 0.05) is 31.6 Å².